The van der Waals surface area contributed by atoms with Gasteiger partial charge in [0.2, 0.25) is 0 Å². The summed E-state index contributed by atoms with van der Waals surface area (Å²) in [4.78, 5) is 10.7. The Labute approximate surface area is 179 Å². The van der Waals surface area contributed by atoms with Crippen molar-refractivity contribution in [2.45, 2.75) is 32.0 Å². The predicted molar refractivity (Wildman–Crippen MR) is 103 cm³/mol. The van der Waals surface area contributed by atoms with Crippen molar-refractivity contribution in [2.75, 3.05) is 6.54 Å². The molecule has 32 heavy (non-hydrogen) atoms. The largest absolute Gasteiger partial charge is 0.573 e. The van der Waals surface area contributed by atoms with Crippen LogP contribution in [0.4, 0.5) is 26.3 Å². The van der Waals surface area contributed by atoms with Crippen molar-refractivity contribution in [2.24, 2.45) is 0 Å². The molecule has 0 fully saturated rings. The van der Waals surface area contributed by atoms with E-state index in [1.54, 1.807) is 18.3 Å². The summed E-state index contributed by atoms with van der Waals surface area (Å²) >= 11 is 0. The van der Waals surface area contributed by atoms with Crippen molar-refractivity contribution in [1.82, 2.24) is 14.9 Å². The number of ether oxygens (including phenoxy) is 1. The van der Waals surface area contributed by atoms with Crippen molar-refractivity contribution < 1.29 is 31.1 Å². The van der Waals surface area contributed by atoms with Crippen molar-refractivity contribution in [3.63, 3.8) is 0 Å². The van der Waals surface area contributed by atoms with Crippen LogP contribution < -0.4 is 4.74 Å². The van der Waals surface area contributed by atoms with Crippen LogP contribution in [0.3, 0.4) is 0 Å². The highest BCUT2D eigenvalue weighted by Gasteiger charge is 2.32. The molecule has 0 saturated heterocycles. The number of alkyl halides is 6. The topological polar surface area (TPSA) is 38.2 Å². The maximum Gasteiger partial charge on any atom is 0.573 e. The van der Waals surface area contributed by atoms with E-state index in [-0.39, 0.29) is 12.3 Å². The van der Waals surface area contributed by atoms with E-state index in [0.717, 1.165) is 23.4 Å². The highest BCUT2D eigenvalue weighted by molar-refractivity contribution is 5.56. The molecule has 0 aliphatic carbocycles. The van der Waals surface area contributed by atoms with Gasteiger partial charge in [0.15, 0.2) is 5.82 Å². The predicted octanol–water partition coefficient (Wildman–Crippen LogP) is 5.62. The molecule has 0 saturated carbocycles. The van der Waals surface area contributed by atoms with Gasteiger partial charge in [-0.3, -0.25) is 4.90 Å². The lowest BCUT2D eigenvalue weighted by molar-refractivity contribution is -0.275. The first-order chi connectivity index (χ1) is 15.1. The molecule has 0 spiro atoms. The van der Waals surface area contributed by atoms with Gasteiger partial charge in [-0.25, -0.2) is 9.97 Å². The third kappa shape index (κ3) is 5.18. The number of halogens is 6. The smallest absolute Gasteiger partial charge is 0.405 e. The Morgan fingerprint density at radius 1 is 0.938 bits per heavy atom. The molecule has 0 bridgehead atoms. The molecule has 3 aromatic rings. The van der Waals surface area contributed by atoms with E-state index < -0.39 is 18.1 Å². The van der Waals surface area contributed by atoms with Crippen LogP contribution >= 0.6 is 0 Å². The summed E-state index contributed by atoms with van der Waals surface area (Å²) in [5, 5.41) is 0. The van der Waals surface area contributed by atoms with E-state index >= 15 is 0 Å². The summed E-state index contributed by atoms with van der Waals surface area (Å²) in [6.07, 6.45) is -7.04. The van der Waals surface area contributed by atoms with E-state index in [4.69, 9.17) is 0 Å². The molecular formula is C22H17F6N3O. The van der Waals surface area contributed by atoms with Gasteiger partial charge < -0.3 is 4.74 Å². The molecule has 1 aliphatic rings. The first-order valence-electron chi connectivity index (χ1n) is 9.67. The SMILES string of the molecule is FC(F)(F)Oc1ccccc1CN1CCc2nc(-c3ccc(C(F)(F)F)cc3)ncc2C1. The zero-order chi connectivity index (χ0) is 22.9. The third-order valence-corrected chi connectivity index (χ3v) is 5.08. The molecule has 0 N–H and O–H groups in total. The first kappa shape index (κ1) is 22.1. The Morgan fingerprint density at radius 2 is 1.66 bits per heavy atom. The monoisotopic (exact) mass is 453 g/mol. The number of hydrogen-bond acceptors (Lipinski definition) is 4. The number of aromatic nitrogens is 2. The van der Waals surface area contributed by atoms with Gasteiger partial charge in [-0.1, -0.05) is 30.3 Å². The summed E-state index contributed by atoms with van der Waals surface area (Å²) in [5.74, 6) is 0.0922. The molecule has 2 heterocycles. The second-order valence-electron chi connectivity index (χ2n) is 7.36. The zero-order valence-corrected chi connectivity index (χ0v) is 16.5. The molecular weight excluding hydrogens is 436 g/mol. The highest BCUT2D eigenvalue weighted by Crippen LogP contribution is 2.31. The van der Waals surface area contributed by atoms with Crippen LogP contribution in [0.1, 0.15) is 22.4 Å². The normalized spacial score (nSPS) is 14.8. The Hall–Kier alpha value is -3.14. The van der Waals surface area contributed by atoms with Gasteiger partial charge in [0.1, 0.15) is 5.75 Å². The molecule has 0 atom stereocenters. The number of benzene rings is 2. The van der Waals surface area contributed by atoms with E-state index in [1.807, 2.05) is 4.90 Å². The van der Waals surface area contributed by atoms with Crippen LogP contribution in [0, 0.1) is 0 Å². The summed E-state index contributed by atoms with van der Waals surface area (Å²) in [7, 11) is 0. The lowest BCUT2D eigenvalue weighted by Gasteiger charge is -2.28. The Balaban J connectivity index is 1.48. The summed E-state index contributed by atoms with van der Waals surface area (Å²) in [6.45, 7) is 1.24. The fourth-order valence-corrected chi connectivity index (χ4v) is 3.56. The van der Waals surface area contributed by atoms with Crippen LogP contribution in [0.2, 0.25) is 0 Å². The molecule has 1 aromatic heterocycles. The van der Waals surface area contributed by atoms with Gasteiger partial charge >= 0.3 is 12.5 Å². The fourth-order valence-electron chi connectivity index (χ4n) is 3.56. The quantitative estimate of drug-likeness (QED) is 0.481. The standard InChI is InChI=1S/C22H17F6N3O/c23-21(24,25)17-7-5-14(6-8-17)20-29-11-16-13-31(10-9-18(16)30-20)12-15-3-1-2-4-19(15)32-22(26,27)28/h1-8,11H,9-10,12-13H2. The second-order valence-corrected chi connectivity index (χ2v) is 7.36. The van der Waals surface area contributed by atoms with Gasteiger partial charge in [0.05, 0.1) is 11.3 Å². The third-order valence-electron chi connectivity index (χ3n) is 5.08. The maximum atomic E-state index is 12.7. The number of fused-ring (bicyclic) bond motifs is 1. The van der Waals surface area contributed by atoms with E-state index in [1.165, 1.54) is 24.3 Å². The molecule has 0 amide bonds. The highest BCUT2D eigenvalue weighted by atomic mass is 19.4. The van der Waals surface area contributed by atoms with Crippen LogP contribution in [0.15, 0.2) is 54.7 Å². The van der Waals surface area contributed by atoms with E-state index in [9.17, 15) is 26.3 Å². The molecule has 4 rings (SSSR count). The maximum absolute atomic E-state index is 12.7. The number of para-hydroxylation sites is 1. The van der Waals surface area contributed by atoms with Crippen molar-refractivity contribution in [3.8, 4) is 17.1 Å². The van der Waals surface area contributed by atoms with Gasteiger partial charge in [0, 0.05) is 48.9 Å². The average molecular weight is 453 g/mol. The molecule has 0 unspecified atom stereocenters. The summed E-state index contributed by atoms with van der Waals surface area (Å²) < 4.78 is 80.3. The van der Waals surface area contributed by atoms with E-state index in [0.29, 0.717) is 36.5 Å². The van der Waals surface area contributed by atoms with Crippen LogP contribution in [-0.4, -0.2) is 27.8 Å². The van der Waals surface area contributed by atoms with Crippen molar-refractivity contribution in [1.29, 1.82) is 0 Å². The minimum Gasteiger partial charge on any atom is -0.405 e. The van der Waals surface area contributed by atoms with E-state index in [2.05, 4.69) is 14.7 Å². The fraction of sp³-hybridized carbons (Fsp3) is 0.273. The van der Waals surface area contributed by atoms with Crippen molar-refractivity contribution >= 4 is 0 Å². The Bertz CT molecular complexity index is 1100. The molecule has 4 nitrogen and oxygen atoms in total. The van der Waals surface area contributed by atoms with Crippen LogP contribution in [0.5, 0.6) is 5.75 Å². The van der Waals surface area contributed by atoms with Crippen LogP contribution in [-0.2, 0) is 25.7 Å². The lowest BCUT2D eigenvalue weighted by atomic mass is 10.0. The number of nitrogens with zero attached hydrogens (tertiary/aromatic N) is 3. The van der Waals surface area contributed by atoms with Crippen LogP contribution in [0.25, 0.3) is 11.4 Å². The molecule has 2 aromatic carbocycles. The molecule has 10 heteroatoms. The lowest BCUT2D eigenvalue weighted by Crippen LogP contribution is -2.31. The van der Waals surface area contributed by atoms with Gasteiger partial charge in [0.25, 0.3) is 0 Å². The molecule has 168 valence electrons. The van der Waals surface area contributed by atoms with Gasteiger partial charge in [-0.2, -0.15) is 13.2 Å². The first-order valence-corrected chi connectivity index (χ1v) is 9.67. The zero-order valence-electron chi connectivity index (χ0n) is 16.5. The second kappa shape index (κ2) is 8.42. The Morgan fingerprint density at radius 3 is 2.34 bits per heavy atom. The minimum atomic E-state index is -4.77. The molecule has 1 aliphatic heterocycles. The Kier molecular flexibility index (Phi) is 5.81. The number of rotatable bonds is 4. The number of hydrogen-bond donors (Lipinski definition) is 0. The van der Waals surface area contributed by atoms with Gasteiger partial charge in [-0.05, 0) is 18.2 Å². The van der Waals surface area contributed by atoms with Crippen molar-refractivity contribution in [3.05, 3.63) is 77.1 Å². The summed E-state index contributed by atoms with van der Waals surface area (Å²) in [5.41, 5.74) is 1.73. The molecule has 0 radical (unpaired) electrons. The van der Waals surface area contributed by atoms with Gasteiger partial charge in [-0.15, -0.1) is 13.2 Å². The minimum absolute atomic E-state index is 0.236. The summed E-state index contributed by atoms with van der Waals surface area (Å²) in [6, 6.07) is 10.6. The average Bonchev–Trinajstić information content (AvgIpc) is 2.73.